The van der Waals surface area contributed by atoms with E-state index >= 15 is 0 Å². The van der Waals surface area contributed by atoms with Crippen LogP contribution in [0.25, 0.3) is 0 Å². The van der Waals surface area contributed by atoms with Gasteiger partial charge in [0.05, 0.1) is 30.4 Å². The molecule has 0 unspecified atom stereocenters. The number of amides is 2. The van der Waals surface area contributed by atoms with Gasteiger partial charge in [0.15, 0.2) is 6.61 Å². The maximum atomic E-state index is 12.3. The van der Waals surface area contributed by atoms with Crippen LogP contribution in [0.15, 0.2) is 24.3 Å². The lowest BCUT2D eigenvalue weighted by Gasteiger charge is -2.12. The number of carbonyl (C=O) groups excluding carboxylic acids is 4. The van der Waals surface area contributed by atoms with Crippen LogP contribution in [0.1, 0.15) is 30.4 Å². The molecule has 0 radical (unpaired) electrons. The molecular weight excluding hydrogens is 425 g/mol. The third kappa shape index (κ3) is 3.61. The molecule has 0 bridgehead atoms. The Kier molecular flexibility index (Phi) is 5.34. The van der Waals surface area contributed by atoms with E-state index in [1.165, 1.54) is 18.2 Å². The predicted molar refractivity (Wildman–Crippen MR) is 96.4 cm³/mol. The van der Waals surface area contributed by atoms with E-state index in [9.17, 15) is 19.2 Å². The number of Topliss-reactive ketones (excluding diaryl/α,β-unsaturated/α-hetero) is 1. The van der Waals surface area contributed by atoms with Crippen molar-refractivity contribution in [3.05, 3.63) is 54.7 Å². The Morgan fingerprint density at radius 2 is 1.58 bits per heavy atom. The maximum absolute atomic E-state index is 12.3. The smallest absolute Gasteiger partial charge is 0.326 e. The molecule has 0 atom stereocenters. The van der Waals surface area contributed by atoms with Crippen LogP contribution in [0.2, 0.25) is 14.4 Å². The number of carbonyl (C=O) groups is 4. The molecule has 134 valence electrons. The van der Waals surface area contributed by atoms with E-state index < -0.39 is 36.7 Å². The molecule has 0 saturated carbocycles. The van der Waals surface area contributed by atoms with Crippen LogP contribution in [0.4, 0.5) is 0 Å². The highest BCUT2D eigenvalue weighted by molar-refractivity contribution is 7.18. The lowest BCUT2D eigenvalue weighted by molar-refractivity contribution is -0.142. The fourth-order valence-corrected chi connectivity index (χ4v) is 3.58. The summed E-state index contributed by atoms with van der Waals surface area (Å²) in [6, 6.07) is 5.61. The molecule has 1 aliphatic heterocycles. The molecule has 3 rings (SSSR count). The number of ketones is 1. The van der Waals surface area contributed by atoms with Crippen molar-refractivity contribution < 1.29 is 23.9 Å². The number of rotatable bonds is 5. The molecule has 2 heterocycles. The summed E-state index contributed by atoms with van der Waals surface area (Å²) >= 11 is 18.5. The summed E-state index contributed by atoms with van der Waals surface area (Å²) in [7, 11) is 0. The number of hydrogen-bond acceptors (Lipinski definition) is 6. The summed E-state index contributed by atoms with van der Waals surface area (Å²) in [6.45, 7) is -1.14. The molecular formula is C16H8Cl3NO5S. The van der Waals surface area contributed by atoms with E-state index in [-0.39, 0.29) is 21.2 Å². The van der Waals surface area contributed by atoms with Gasteiger partial charge in [-0.05, 0) is 24.3 Å². The molecule has 6 nitrogen and oxygen atoms in total. The largest absolute Gasteiger partial charge is 0.456 e. The lowest BCUT2D eigenvalue weighted by atomic mass is 10.1. The highest BCUT2D eigenvalue weighted by atomic mass is 35.5. The van der Waals surface area contributed by atoms with E-state index in [0.29, 0.717) is 14.1 Å². The van der Waals surface area contributed by atoms with Crippen LogP contribution in [0, 0.1) is 0 Å². The number of halogens is 3. The Labute approximate surface area is 166 Å². The minimum Gasteiger partial charge on any atom is -0.456 e. The van der Waals surface area contributed by atoms with Gasteiger partial charge in [0, 0.05) is 0 Å². The Balaban J connectivity index is 1.64. The molecule has 26 heavy (non-hydrogen) atoms. The Morgan fingerprint density at radius 1 is 1.00 bits per heavy atom. The Bertz CT molecular complexity index is 914. The van der Waals surface area contributed by atoms with Gasteiger partial charge < -0.3 is 4.74 Å². The summed E-state index contributed by atoms with van der Waals surface area (Å²) in [6.07, 6.45) is 0. The van der Waals surface area contributed by atoms with Crippen LogP contribution < -0.4 is 0 Å². The summed E-state index contributed by atoms with van der Waals surface area (Å²) in [5, 5.41) is 0.243. The van der Waals surface area contributed by atoms with Crippen molar-refractivity contribution in [2.24, 2.45) is 0 Å². The van der Waals surface area contributed by atoms with Gasteiger partial charge in [-0.2, -0.15) is 0 Å². The van der Waals surface area contributed by atoms with Gasteiger partial charge in [0.1, 0.15) is 6.54 Å². The van der Waals surface area contributed by atoms with Crippen molar-refractivity contribution >= 4 is 69.7 Å². The number of thiophene rings is 1. The summed E-state index contributed by atoms with van der Waals surface area (Å²) < 4.78 is 5.28. The molecule has 2 amide bonds. The standard InChI is InChI=1S/C16H8Cl3NO5S/c17-9-3-7-8(4-10(9)18)16(24)20(15(7)23)5-14(22)25-6-11(21)12-1-2-13(19)26-12/h1-4H,5-6H2. The van der Waals surface area contributed by atoms with Crippen molar-refractivity contribution in [1.29, 1.82) is 0 Å². The second kappa shape index (κ2) is 7.36. The van der Waals surface area contributed by atoms with Crippen LogP contribution >= 0.6 is 46.1 Å². The third-order valence-corrected chi connectivity index (χ3v) is 5.51. The number of imide groups is 1. The minimum atomic E-state index is -0.896. The SMILES string of the molecule is O=C(CN1C(=O)c2cc(Cl)c(Cl)cc2C1=O)OCC(=O)c1ccc(Cl)s1. The molecule has 0 spiro atoms. The molecule has 0 N–H and O–H groups in total. The van der Waals surface area contributed by atoms with Crippen molar-refractivity contribution in [1.82, 2.24) is 4.90 Å². The molecule has 1 aromatic carbocycles. The van der Waals surface area contributed by atoms with Gasteiger partial charge in [-0.1, -0.05) is 34.8 Å². The van der Waals surface area contributed by atoms with Gasteiger partial charge in [0.25, 0.3) is 11.8 Å². The molecule has 1 aliphatic rings. The fraction of sp³-hybridized carbons (Fsp3) is 0.125. The van der Waals surface area contributed by atoms with E-state index in [4.69, 9.17) is 39.5 Å². The Hall–Kier alpha value is -1.93. The highest BCUT2D eigenvalue weighted by Gasteiger charge is 2.37. The highest BCUT2D eigenvalue weighted by Crippen LogP contribution is 2.31. The summed E-state index contributed by atoms with van der Waals surface area (Å²) in [5.41, 5.74) is 0.114. The molecule has 0 saturated heterocycles. The number of fused-ring (bicyclic) bond motifs is 1. The molecule has 0 aliphatic carbocycles. The van der Waals surface area contributed by atoms with E-state index in [1.807, 2.05) is 0 Å². The van der Waals surface area contributed by atoms with Crippen LogP contribution in [-0.2, 0) is 9.53 Å². The second-order valence-corrected chi connectivity index (χ2v) is 7.73. The van der Waals surface area contributed by atoms with Crippen LogP contribution in [-0.4, -0.2) is 41.6 Å². The summed E-state index contributed by atoms with van der Waals surface area (Å²) in [4.78, 5) is 49.4. The van der Waals surface area contributed by atoms with Gasteiger partial charge in [0.2, 0.25) is 5.78 Å². The molecule has 1 aromatic heterocycles. The normalized spacial score (nSPS) is 13.1. The number of esters is 1. The fourth-order valence-electron chi connectivity index (χ4n) is 2.28. The molecule has 10 heteroatoms. The first kappa shape index (κ1) is 18.8. The zero-order chi connectivity index (χ0) is 19.0. The van der Waals surface area contributed by atoms with Crippen molar-refractivity contribution in [2.45, 2.75) is 0 Å². The van der Waals surface area contributed by atoms with Crippen LogP contribution in [0.5, 0.6) is 0 Å². The van der Waals surface area contributed by atoms with E-state index in [0.717, 1.165) is 11.3 Å². The molecule has 2 aromatic rings. The monoisotopic (exact) mass is 431 g/mol. The Morgan fingerprint density at radius 3 is 2.08 bits per heavy atom. The topological polar surface area (TPSA) is 80.8 Å². The zero-order valence-corrected chi connectivity index (χ0v) is 15.8. The number of hydrogen-bond donors (Lipinski definition) is 0. The number of nitrogens with zero attached hydrogens (tertiary/aromatic N) is 1. The van der Waals surface area contributed by atoms with Crippen LogP contribution in [0.3, 0.4) is 0 Å². The van der Waals surface area contributed by atoms with Crippen molar-refractivity contribution in [3.8, 4) is 0 Å². The first-order valence-corrected chi connectivity index (χ1v) is 9.02. The van der Waals surface area contributed by atoms with Gasteiger partial charge >= 0.3 is 5.97 Å². The second-order valence-electron chi connectivity index (χ2n) is 5.20. The number of ether oxygens (including phenoxy) is 1. The van der Waals surface area contributed by atoms with Gasteiger partial charge in [-0.3, -0.25) is 24.1 Å². The zero-order valence-electron chi connectivity index (χ0n) is 12.8. The van der Waals surface area contributed by atoms with Crippen molar-refractivity contribution in [3.63, 3.8) is 0 Å². The first-order chi connectivity index (χ1) is 12.3. The van der Waals surface area contributed by atoms with E-state index in [1.54, 1.807) is 6.07 Å². The third-order valence-electron chi connectivity index (χ3n) is 3.51. The number of benzene rings is 1. The lowest BCUT2D eigenvalue weighted by Crippen LogP contribution is -2.36. The van der Waals surface area contributed by atoms with Gasteiger partial charge in [-0.15, -0.1) is 11.3 Å². The predicted octanol–water partition coefficient (Wildman–Crippen LogP) is 3.73. The average molecular weight is 433 g/mol. The minimum absolute atomic E-state index is 0.0569. The first-order valence-electron chi connectivity index (χ1n) is 7.07. The maximum Gasteiger partial charge on any atom is 0.326 e. The quantitative estimate of drug-likeness (QED) is 0.408. The van der Waals surface area contributed by atoms with E-state index in [2.05, 4.69) is 0 Å². The van der Waals surface area contributed by atoms with Crippen molar-refractivity contribution in [2.75, 3.05) is 13.2 Å². The van der Waals surface area contributed by atoms with Gasteiger partial charge in [-0.25, -0.2) is 0 Å². The average Bonchev–Trinajstić information content (AvgIpc) is 3.12. The molecule has 0 fully saturated rings. The summed E-state index contributed by atoms with van der Waals surface area (Å²) in [5.74, 6) is -2.70.